The van der Waals surface area contributed by atoms with E-state index in [0.29, 0.717) is 16.7 Å². The Morgan fingerprint density at radius 2 is 2.00 bits per heavy atom. The molecule has 1 aromatic carbocycles. The Hall–Kier alpha value is -2.09. The first-order chi connectivity index (χ1) is 12.7. The molecule has 1 fully saturated rings. The summed E-state index contributed by atoms with van der Waals surface area (Å²) < 4.78 is 0. The lowest BCUT2D eigenvalue weighted by molar-refractivity contribution is 0.102. The molecule has 2 N–H and O–H groups in total. The number of nitrogens with one attached hydrogen (secondary N) is 2. The van der Waals surface area contributed by atoms with E-state index in [4.69, 9.17) is 0 Å². The average Bonchev–Trinajstić information content (AvgIpc) is 3.33. The van der Waals surface area contributed by atoms with Crippen molar-refractivity contribution in [1.82, 2.24) is 15.3 Å². The van der Waals surface area contributed by atoms with Gasteiger partial charge in [-0.05, 0) is 38.8 Å². The second kappa shape index (κ2) is 7.65. The van der Waals surface area contributed by atoms with Gasteiger partial charge in [-0.1, -0.05) is 29.8 Å². The topological polar surface area (TPSA) is 66.9 Å². The van der Waals surface area contributed by atoms with Gasteiger partial charge in [0.15, 0.2) is 5.13 Å². The Labute approximate surface area is 160 Å². The van der Waals surface area contributed by atoms with Gasteiger partial charge in [0.2, 0.25) is 0 Å². The second-order valence-corrected chi connectivity index (χ2v) is 8.37. The summed E-state index contributed by atoms with van der Waals surface area (Å²) in [6.07, 6.45) is 4.15. The van der Waals surface area contributed by atoms with Crippen molar-refractivity contribution in [3.63, 3.8) is 0 Å². The van der Waals surface area contributed by atoms with E-state index in [1.54, 1.807) is 16.7 Å². The van der Waals surface area contributed by atoms with Crippen LogP contribution in [0.2, 0.25) is 0 Å². The first-order valence-electron chi connectivity index (χ1n) is 8.69. The van der Waals surface area contributed by atoms with Gasteiger partial charge in [0.05, 0.1) is 0 Å². The summed E-state index contributed by atoms with van der Waals surface area (Å²) >= 11 is 3.05. The SMILES string of the molecule is Cc1ccc(-c2nc(C(=O)Nc3ncc(C4CCNCC4)s3)cs2)cc1. The summed E-state index contributed by atoms with van der Waals surface area (Å²) in [6, 6.07) is 8.16. The summed E-state index contributed by atoms with van der Waals surface area (Å²) in [5.41, 5.74) is 2.67. The Morgan fingerprint density at radius 1 is 1.23 bits per heavy atom. The highest BCUT2D eigenvalue weighted by Gasteiger charge is 2.19. The molecule has 1 amide bonds. The smallest absolute Gasteiger partial charge is 0.276 e. The molecule has 0 bridgehead atoms. The molecule has 0 spiro atoms. The molecule has 0 aliphatic carbocycles. The molecule has 1 aliphatic heterocycles. The van der Waals surface area contributed by atoms with Gasteiger partial charge in [0.1, 0.15) is 10.7 Å². The fourth-order valence-electron chi connectivity index (χ4n) is 3.01. The summed E-state index contributed by atoms with van der Waals surface area (Å²) in [6.45, 7) is 4.15. The number of benzene rings is 1. The summed E-state index contributed by atoms with van der Waals surface area (Å²) in [7, 11) is 0. The van der Waals surface area contributed by atoms with Gasteiger partial charge in [-0.3, -0.25) is 10.1 Å². The molecule has 26 heavy (non-hydrogen) atoms. The van der Waals surface area contributed by atoms with Crippen molar-refractivity contribution in [2.24, 2.45) is 0 Å². The first kappa shape index (κ1) is 17.3. The molecule has 0 atom stereocenters. The van der Waals surface area contributed by atoms with Crippen LogP contribution in [0.25, 0.3) is 10.6 Å². The van der Waals surface area contributed by atoms with E-state index < -0.39 is 0 Å². The summed E-state index contributed by atoms with van der Waals surface area (Å²) in [5.74, 6) is 0.345. The fourth-order valence-corrected chi connectivity index (χ4v) is 4.79. The minimum absolute atomic E-state index is 0.203. The van der Waals surface area contributed by atoms with Gasteiger partial charge in [-0.2, -0.15) is 0 Å². The van der Waals surface area contributed by atoms with Crippen LogP contribution >= 0.6 is 22.7 Å². The first-order valence-corrected chi connectivity index (χ1v) is 10.4. The number of thiazole rings is 2. The molecule has 0 unspecified atom stereocenters. The maximum atomic E-state index is 12.5. The summed E-state index contributed by atoms with van der Waals surface area (Å²) in [5, 5.41) is 9.56. The van der Waals surface area contributed by atoms with Crippen LogP contribution in [0.3, 0.4) is 0 Å². The van der Waals surface area contributed by atoms with Crippen LogP contribution in [0, 0.1) is 6.92 Å². The predicted molar refractivity (Wildman–Crippen MR) is 107 cm³/mol. The van der Waals surface area contributed by atoms with Crippen molar-refractivity contribution >= 4 is 33.7 Å². The van der Waals surface area contributed by atoms with Crippen LogP contribution in [-0.2, 0) is 0 Å². The molecule has 3 aromatic rings. The highest BCUT2D eigenvalue weighted by Crippen LogP contribution is 2.32. The van der Waals surface area contributed by atoms with E-state index in [1.165, 1.54) is 21.8 Å². The molecule has 3 heterocycles. The number of carbonyl (C=O) groups excluding carboxylic acids is 1. The molecule has 1 saturated heterocycles. The number of aromatic nitrogens is 2. The van der Waals surface area contributed by atoms with Crippen molar-refractivity contribution in [3.8, 4) is 10.6 Å². The van der Waals surface area contributed by atoms with Crippen molar-refractivity contribution in [3.05, 3.63) is 52.0 Å². The van der Waals surface area contributed by atoms with Gasteiger partial charge in [-0.15, -0.1) is 22.7 Å². The van der Waals surface area contributed by atoms with Crippen LogP contribution < -0.4 is 10.6 Å². The van der Waals surface area contributed by atoms with Gasteiger partial charge < -0.3 is 5.32 Å². The highest BCUT2D eigenvalue weighted by molar-refractivity contribution is 7.16. The lowest BCUT2D eigenvalue weighted by Crippen LogP contribution is -2.26. The molecule has 0 saturated carbocycles. The Bertz CT molecular complexity index is 894. The lowest BCUT2D eigenvalue weighted by atomic mass is 9.97. The van der Waals surface area contributed by atoms with Crippen molar-refractivity contribution < 1.29 is 4.79 Å². The molecule has 4 rings (SSSR count). The molecule has 5 nitrogen and oxygen atoms in total. The van der Waals surface area contributed by atoms with E-state index in [-0.39, 0.29) is 5.91 Å². The van der Waals surface area contributed by atoms with E-state index in [2.05, 4.69) is 27.5 Å². The van der Waals surface area contributed by atoms with E-state index in [0.717, 1.165) is 36.5 Å². The zero-order valence-corrected chi connectivity index (χ0v) is 16.1. The van der Waals surface area contributed by atoms with Crippen molar-refractivity contribution in [2.45, 2.75) is 25.7 Å². The standard InChI is InChI=1S/C19H20N4OS2/c1-12-2-4-14(5-3-12)18-22-15(11-25-18)17(24)23-19-21-10-16(26-19)13-6-8-20-9-7-13/h2-5,10-11,13,20H,6-9H2,1H3,(H,21,23,24). The fraction of sp³-hybridized carbons (Fsp3) is 0.316. The third-order valence-corrected chi connectivity index (χ3v) is 6.49. The van der Waals surface area contributed by atoms with E-state index >= 15 is 0 Å². The minimum atomic E-state index is -0.203. The van der Waals surface area contributed by atoms with Gasteiger partial charge in [0, 0.05) is 22.0 Å². The molecule has 134 valence electrons. The van der Waals surface area contributed by atoms with Crippen LogP contribution in [0.15, 0.2) is 35.8 Å². The minimum Gasteiger partial charge on any atom is -0.317 e. The molecule has 1 aliphatic rings. The zero-order chi connectivity index (χ0) is 17.9. The third-order valence-electron chi connectivity index (χ3n) is 4.52. The average molecular weight is 385 g/mol. The van der Waals surface area contributed by atoms with Gasteiger partial charge in [-0.25, -0.2) is 9.97 Å². The van der Waals surface area contributed by atoms with Gasteiger partial charge in [0.25, 0.3) is 5.91 Å². The number of aryl methyl sites for hydroxylation is 1. The second-order valence-electron chi connectivity index (χ2n) is 6.45. The number of carbonyl (C=O) groups is 1. The van der Waals surface area contributed by atoms with Crippen LogP contribution in [0.5, 0.6) is 0 Å². The maximum Gasteiger partial charge on any atom is 0.276 e. The van der Waals surface area contributed by atoms with Gasteiger partial charge >= 0.3 is 0 Å². The molecule has 2 aromatic heterocycles. The molecular formula is C19H20N4OS2. The number of nitrogens with zero attached hydrogens (tertiary/aromatic N) is 2. The van der Waals surface area contributed by atoms with E-state index in [1.807, 2.05) is 30.5 Å². The monoisotopic (exact) mass is 384 g/mol. The molecule has 7 heteroatoms. The normalized spacial score (nSPS) is 15.1. The Balaban J connectivity index is 1.44. The largest absolute Gasteiger partial charge is 0.317 e. The predicted octanol–water partition coefficient (Wildman–Crippen LogP) is 4.29. The quantitative estimate of drug-likeness (QED) is 0.704. The van der Waals surface area contributed by atoms with Crippen molar-refractivity contribution in [2.75, 3.05) is 18.4 Å². The number of amides is 1. The zero-order valence-electron chi connectivity index (χ0n) is 14.5. The number of anilines is 1. The number of piperidine rings is 1. The van der Waals surface area contributed by atoms with Crippen LogP contribution in [0.4, 0.5) is 5.13 Å². The Kier molecular flexibility index (Phi) is 5.10. The van der Waals surface area contributed by atoms with Crippen molar-refractivity contribution in [1.29, 1.82) is 0 Å². The maximum absolute atomic E-state index is 12.5. The van der Waals surface area contributed by atoms with Crippen LogP contribution in [-0.4, -0.2) is 29.0 Å². The van der Waals surface area contributed by atoms with E-state index in [9.17, 15) is 4.79 Å². The highest BCUT2D eigenvalue weighted by atomic mass is 32.1. The molecule has 0 radical (unpaired) electrons. The number of hydrogen-bond donors (Lipinski definition) is 2. The number of hydrogen-bond acceptors (Lipinski definition) is 6. The Morgan fingerprint density at radius 3 is 2.77 bits per heavy atom. The van der Waals surface area contributed by atoms with Crippen LogP contribution in [0.1, 0.15) is 39.7 Å². The summed E-state index contributed by atoms with van der Waals surface area (Å²) in [4.78, 5) is 22.6. The molecular weight excluding hydrogens is 364 g/mol. The third kappa shape index (κ3) is 3.85. The lowest BCUT2D eigenvalue weighted by Gasteiger charge is -2.20. The number of rotatable bonds is 4.